The molecule has 0 radical (unpaired) electrons. The van der Waals surface area contributed by atoms with E-state index in [1.54, 1.807) is 13.0 Å². The van der Waals surface area contributed by atoms with Gasteiger partial charge in [0.1, 0.15) is 6.61 Å². The van der Waals surface area contributed by atoms with Gasteiger partial charge in [0.25, 0.3) is 5.69 Å². The lowest BCUT2D eigenvalue weighted by Gasteiger charge is -2.35. The van der Waals surface area contributed by atoms with Crippen LogP contribution in [0.4, 0.5) is 10.5 Å². The maximum absolute atomic E-state index is 13.0. The maximum atomic E-state index is 13.0. The lowest BCUT2D eigenvalue weighted by molar-refractivity contribution is -0.385. The Morgan fingerprint density at radius 3 is 2.48 bits per heavy atom. The van der Waals surface area contributed by atoms with Crippen LogP contribution in [-0.4, -0.2) is 42.1 Å². The highest BCUT2D eigenvalue weighted by Crippen LogP contribution is 2.36. The number of rotatable bonds is 8. The van der Waals surface area contributed by atoms with Gasteiger partial charge in [-0.05, 0) is 18.6 Å². The first-order valence-corrected chi connectivity index (χ1v) is 9.66. The first-order valence-electron chi connectivity index (χ1n) is 9.66. The fourth-order valence-corrected chi connectivity index (χ4v) is 3.43. The second-order valence-corrected chi connectivity index (χ2v) is 6.90. The molecule has 0 aliphatic carbocycles. The van der Waals surface area contributed by atoms with E-state index in [-0.39, 0.29) is 36.6 Å². The normalized spacial score (nSPS) is 16.1. The number of ether oxygens (including phenoxy) is 2. The number of nitro benzene ring substituents is 1. The Bertz CT molecular complexity index is 1010. The molecule has 9 heteroatoms. The molecule has 0 saturated carbocycles. The molecule has 0 unspecified atom stereocenters. The monoisotopic (exact) mass is 425 g/mol. The number of carbonyl (C=O) groups excluding carboxylic acids is 2. The van der Waals surface area contributed by atoms with Crippen LogP contribution in [-0.2, 0) is 20.8 Å². The highest BCUT2D eigenvalue weighted by atomic mass is 16.6. The van der Waals surface area contributed by atoms with Crippen molar-refractivity contribution < 1.29 is 24.0 Å². The molecule has 2 aromatic rings. The molecule has 1 N–H and O–H groups in total. The van der Waals surface area contributed by atoms with Crippen molar-refractivity contribution in [2.24, 2.45) is 0 Å². The molecule has 162 valence electrons. The van der Waals surface area contributed by atoms with E-state index in [4.69, 9.17) is 9.47 Å². The van der Waals surface area contributed by atoms with Gasteiger partial charge in [0.15, 0.2) is 0 Å². The Morgan fingerprint density at radius 2 is 1.81 bits per heavy atom. The van der Waals surface area contributed by atoms with Gasteiger partial charge >= 0.3 is 12.0 Å². The van der Waals surface area contributed by atoms with Crippen LogP contribution >= 0.6 is 0 Å². The van der Waals surface area contributed by atoms with Gasteiger partial charge in [0.05, 0.1) is 35.3 Å². The van der Waals surface area contributed by atoms with E-state index in [2.05, 4.69) is 5.32 Å². The number of amides is 2. The van der Waals surface area contributed by atoms with Gasteiger partial charge in [-0.15, -0.1) is 0 Å². The number of hydrogen-bond acceptors (Lipinski definition) is 6. The molecule has 2 aromatic carbocycles. The summed E-state index contributed by atoms with van der Waals surface area (Å²) in [5.74, 6) is -0.671. The maximum Gasteiger partial charge on any atom is 0.338 e. The molecule has 9 nitrogen and oxygen atoms in total. The van der Waals surface area contributed by atoms with Crippen LogP contribution in [0, 0.1) is 10.1 Å². The van der Waals surface area contributed by atoms with E-state index in [0.29, 0.717) is 5.70 Å². The lowest BCUT2D eigenvalue weighted by atomic mass is 9.93. The van der Waals surface area contributed by atoms with E-state index < -0.39 is 23.0 Å². The molecule has 3 rings (SSSR count). The SMILES string of the molecule is COCCOC(=O)C1=C(C)N(Cc2ccccc2)C(=O)N[C@@H]1c1ccccc1[N+](=O)[O-]. The van der Waals surface area contributed by atoms with E-state index in [9.17, 15) is 19.7 Å². The standard InChI is InChI=1S/C22H23N3O6/c1-15-19(21(26)31-13-12-30-2)20(17-10-6-7-11-18(17)25(28)29)23-22(27)24(15)14-16-8-4-3-5-9-16/h3-11,20H,12-14H2,1-2H3,(H,23,27)/t20-/m1/s1. The number of urea groups is 1. The number of allylic oxidation sites excluding steroid dienone is 1. The average molecular weight is 425 g/mol. The lowest BCUT2D eigenvalue weighted by Crippen LogP contribution is -2.47. The number of methoxy groups -OCH3 is 1. The molecule has 1 heterocycles. The number of hydrogen-bond donors (Lipinski definition) is 1. The van der Waals surface area contributed by atoms with Gasteiger partial charge in [-0.3, -0.25) is 15.0 Å². The molecule has 0 spiro atoms. The number of para-hydroxylation sites is 1. The van der Waals surface area contributed by atoms with Crippen LogP contribution in [0.2, 0.25) is 0 Å². The average Bonchev–Trinajstić information content (AvgIpc) is 2.77. The third-order valence-electron chi connectivity index (χ3n) is 4.96. The third-order valence-corrected chi connectivity index (χ3v) is 4.96. The smallest absolute Gasteiger partial charge is 0.338 e. The van der Waals surface area contributed by atoms with Crippen LogP contribution in [0.5, 0.6) is 0 Å². The van der Waals surface area contributed by atoms with Crippen LogP contribution in [0.15, 0.2) is 65.9 Å². The molecule has 2 amide bonds. The van der Waals surface area contributed by atoms with Crippen molar-refractivity contribution >= 4 is 17.7 Å². The molecule has 1 aliphatic rings. The first-order chi connectivity index (χ1) is 14.9. The fraction of sp³-hybridized carbons (Fsp3) is 0.273. The Morgan fingerprint density at radius 1 is 1.13 bits per heavy atom. The summed E-state index contributed by atoms with van der Waals surface area (Å²) in [6.45, 7) is 2.09. The minimum Gasteiger partial charge on any atom is -0.460 e. The van der Waals surface area contributed by atoms with Crippen LogP contribution in [0.1, 0.15) is 24.1 Å². The number of nitro groups is 1. The molecule has 0 aromatic heterocycles. The number of nitrogens with zero attached hydrogens (tertiary/aromatic N) is 2. The van der Waals surface area contributed by atoms with Crippen LogP contribution < -0.4 is 5.32 Å². The van der Waals surface area contributed by atoms with Gasteiger partial charge in [-0.25, -0.2) is 9.59 Å². The molecule has 0 saturated heterocycles. The Balaban J connectivity index is 2.05. The molecule has 0 fully saturated rings. The summed E-state index contributed by atoms with van der Waals surface area (Å²) >= 11 is 0. The minimum absolute atomic E-state index is 0.0162. The van der Waals surface area contributed by atoms with Crippen molar-refractivity contribution in [2.75, 3.05) is 20.3 Å². The van der Waals surface area contributed by atoms with E-state index in [0.717, 1.165) is 5.56 Å². The van der Waals surface area contributed by atoms with Gasteiger partial charge < -0.3 is 14.8 Å². The quantitative estimate of drug-likeness (QED) is 0.301. The van der Waals surface area contributed by atoms with Crippen molar-refractivity contribution in [3.05, 3.63) is 87.1 Å². The molecule has 1 aliphatic heterocycles. The number of esters is 1. The first kappa shape index (κ1) is 22.0. The Labute approximate surface area is 179 Å². The third kappa shape index (κ3) is 4.89. The van der Waals surface area contributed by atoms with Gasteiger partial charge in [-0.1, -0.05) is 42.5 Å². The summed E-state index contributed by atoms with van der Waals surface area (Å²) in [4.78, 5) is 38.3. The van der Waals surface area contributed by atoms with Crippen molar-refractivity contribution in [1.82, 2.24) is 10.2 Å². The number of nitrogens with one attached hydrogen (secondary N) is 1. The second kappa shape index (κ2) is 9.86. The summed E-state index contributed by atoms with van der Waals surface area (Å²) in [7, 11) is 1.48. The zero-order chi connectivity index (χ0) is 22.4. The summed E-state index contributed by atoms with van der Waals surface area (Å²) in [5, 5.41) is 14.3. The summed E-state index contributed by atoms with van der Waals surface area (Å²) < 4.78 is 10.2. The predicted molar refractivity (Wildman–Crippen MR) is 112 cm³/mol. The highest BCUT2D eigenvalue weighted by molar-refractivity contribution is 5.95. The van der Waals surface area contributed by atoms with Crippen LogP contribution in [0.3, 0.4) is 0 Å². The number of carbonyl (C=O) groups is 2. The van der Waals surface area contributed by atoms with E-state index >= 15 is 0 Å². The van der Waals surface area contributed by atoms with Gasteiger partial charge in [0, 0.05) is 18.9 Å². The van der Waals surface area contributed by atoms with E-state index in [1.165, 1.54) is 30.2 Å². The largest absolute Gasteiger partial charge is 0.460 e. The van der Waals surface area contributed by atoms with Crippen molar-refractivity contribution in [3.63, 3.8) is 0 Å². The Hall–Kier alpha value is -3.72. The van der Waals surface area contributed by atoms with Crippen molar-refractivity contribution in [2.45, 2.75) is 19.5 Å². The molecule has 31 heavy (non-hydrogen) atoms. The van der Waals surface area contributed by atoms with Crippen molar-refractivity contribution in [3.8, 4) is 0 Å². The zero-order valence-corrected chi connectivity index (χ0v) is 17.2. The molecular weight excluding hydrogens is 402 g/mol. The second-order valence-electron chi connectivity index (χ2n) is 6.90. The summed E-state index contributed by atoms with van der Waals surface area (Å²) in [6.07, 6.45) is 0. The zero-order valence-electron chi connectivity index (χ0n) is 17.2. The Kier molecular flexibility index (Phi) is 6.99. The van der Waals surface area contributed by atoms with E-state index in [1.807, 2.05) is 30.3 Å². The molecular formula is C22H23N3O6. The fourth-order valence-electron chi connectivity index (χ4n) is 3.43. The van der Waals surface area contributed by atoms with Gasteiger partial charge in [-0.2, -0.15) is 0 Å². The number of benzene rings is 2. The summed E-state index contributed by atoms with van der Waals surface area (Å²) in [5.41, 5.74) is 1.39. The molecule has 1 atom stereocenters. The topological polar surface area (TPSA) is 111 Å². The predicted octanol–water partition coefficient (Wildman–Crippen LogP) is 3.32. The highest BCUT2D eigenvalue weighted by Gasteiger charge is 2.39. The molecule has 0 bridgehead atoms. The minimum atomic E-state index is -1.02. The summed E-state index contributed by atoms with van der Waals surface area (Å²) in [6, 6.07) is 13.8. The van der Waals surface area contributed by atoms with Crippen LogP contribution in [0.25, 0.3) is 0 Å². The van der Waals surface area contributed by atoms with Gasteiger partial charge in [0.2, 0.25) is 0 Å². The van der Waals surface area contributed by atoms with Crippen molar-refractivity contribution in [1.29, 1.82) is 0 Å².